The molecule has 0 N–H and O–H groups in total. The van der Waals surface area contributed by atoms with Gasteiger partial charge in [-0.3, -0.25) is 9.59 Å². The normalized spacial score (nSPS) is 11.1. The van der Waals surface area contributed by atoms with Crippen LogP contribution in [0.3, 0.4) is 0 Å². The molecule has 0 aromatic carbocycles. The molecule has 0 aliphatic heterocycles. The van der Waals surface area contributed by atoms with Gasteiger partial charge in [-0.1, -0.05) is 20.8 Å². The summed E-state index contributed by atoms with van der Waals surface area (Å²) in [6.07, 6.45) is 0.950. The molecular formula is C10H17ClO3. The minimum atomic E-state index is -0.409. The van der Waals surface area contributed by atoms with E-state index in [-0.39, 0.29) is 24.2 Å². The van der Waals surface area contributed by atoms with Crippen molar-refractivity contribution >= 4 is 22.8 Å². The third-order valence-electron chi connectivity index (χ3n) is 1.42. The Morgan fingerprint density at radius 3 is 2.21 bits per heavy atom. The third-order valence-corrected chi connectivity index (χ3v) is 1.61. The average molecular weight is 221 g/mol. The van der Waals surface area contributed by atoms with Gasteiger partial charge in [0.15, 0.2) is 0 Å². The summed E-state index contributed by atoms with van der Waals surface area (Å²) in [6.45, 7) is 6.37. The molecule has 0 rings (SSSR count). The lowest BCUT2D eigenvalue weighted by atomic mass is 9.99. The first-order chi connectivity index (χ1) is 6.31. The van der Waals surface area contributed by atoms with Crippen molar-refractivity contribution in [2.24, 2.45) is 5.41 Å². The summed E-state index contributed by atoms with van der Waals surface area (Å²) in [5, 5.41) is -0.409. The van der Waals surface area contributed by atoms with Crippen molar-refractivity contribution in [3.8, 4) is 0 Å². The Hall–Kier alpha value is -0.570. The summed E-state index contributed by atoms with van der Waals surface area (Å²) >= 11 is 5.12. The van der Waals surface area contributed by atoms with E-state index in [1.807, 2.05) is 20.8 Å². The summed E-state index contributed by atoms with van der Waals surface area (Å²) < 4.78 is 4.99. The molecule has 0 saturated carbocycles. The van der Waals surface area contributed by atoms with Crippen molar-refractivity contribution in [2.75, 3.05) is 6.61 Å². The standard InChI is InChI=1S/C10H17ClO3/c1-10(2,3)7-14-9(13)6-4-5-8(11)12/h4-7H2,1-3H3. The minimum Gasteiger partial charge on any atom is -0.465 e. The quantitative estimate of drug-likeness (QED) is 0.528. The van der Waals surface area contributed by atoms with Crippen LogP contribution in [0.15, 0.2) is 0 Å². The molecule has 0 saturated heterocycles. The van der Waals surface area contributed by atoms with Gasteiger partial charge in [-0.25, -0.2) is 0 Å². The highest BCUT2D eigenvalue weighted by molar-refractivity contribution is 6.63. The topological polar surface area (TPSA) is 43.4 Å². The number of carbonyl (C=O) groups is 2. The Morgan fingerprint density at radius 2 is 1.79 bits per heavy atom. The smallest absolute Gasteiger partial charge is 0.305 e. The van der Waals surface area contributed by atoms with Gasteiger partial charge in [0.05, 0.1) is 6.61 Å². The number of hydrogen-bond donors (Lipinski definition) is 0. The lowest BCUT2D eigenvalue weighted by molar-refractivity contribution is -0.146. The maximum absolute atomic E-state index is 11.1. The van der Waals surface area contributed by atoms with Crippen LogP contribution in [0, 0.1) is 5.41 Å². The Bertz CT molecular complexity index is 206. The molecule has 0 heterocycles. The molecule has 14 heavy (non-hydrogen) atoms. The van der Waals surface area contributed by atoms with Crippen LogP contribution in [0.5, 0.6) is 0 Å². The van der Waals surface area contributed by atoms with Gasteiger partial charge < -0.3 is 4.74 Å². The van der Waals surface area contributed by atoms with Crippen molar-refractivity contribution in [2.45, 2.75) is 40.0 Å². The van der Waals surface area contributed by atoms with Crippen LogP contribution in [0.25, 0.3) is 0 Å². The molecule has 0 radical (unpaired) electrons. The van der Waals surface area contributed by atoms with Crippen LogP contribution in [-0.2, 0) is 14.3 Å². The van der Waals surface area contributed by atoms with Crippen LogP contribution in [0.2, 0.25) is 0 Å². The van der Waals surface area contributed by atoms with E-state index < -0.39 is 5.24 Å². The second kappa shape index (κ2) is 6.02. The van der Waals surface area contributed by atoms with E-state index >= 15 is 0 Å². The first-order valence-electron chi connectivity index (χ1n) is 4.65. The number of ether oxygens (including phenoxy) is 1. The predicted octanol–water partition coefficient (Wildman–Crippen LogP) is 2.51. The zero-order chi connectivity index (χ0) is 11.2. The Balaban J connectivity index is 3.52. The Labute approximate surface area is 89.8 Å². The number of halogens is 1. The Morgan fingerprint density at radius 1 is 1.21 bits per heavy atom. The zero-order valence-corrected chi connectivity index (χ0v) is 9.69. The summed E-state index contributed by atoms with van der Waals surface area (Å²) in [5.74, 6) is -0.266. The van der Waals surface area contributed by atoms with Crippen molar-refractivity contribution in [3.63, 3.8) is 0 Å². The SMILES string of the molecule is CC(C)(C)COC(=O)CCCC(=O)Cl. The van der Waals surface area contributed by atoms with E-state index in [2.05, 4.69) is 0 Å². The van der Waals surface area contributed by atoms with Crippen molar-refractivity contribution in [3.05, 3.63) is 0 Å². The number of carbonyl (C=O) groups excluding carboxylic acids is 2. The van der Waals surface area contributed by atoms with E-state index in [9.17, 15) is 9.59 Å². The van der Waals surface area contributed by atoms with E-state index in [0.29, 0.717) is 13.0 Å². The van der Waals surface area contributed by atoms with E-state index in [1.165, 1.54) is 0 Å². The van der Waals surface area contributed by atoms with Crippen LogP contribution in [-0.4, -0.2) is 17.8 Å². The van der Waals surface area contributed by atoms with Gasteiger partial charge in [-0.05, 0) is 23.4 Å². The average Bonchev–Trinajstić information content (AvgIpc) is 1.99. The molecule has 3 nitrogen and oxygen atoms in total. The van der Waals surface area contributed by atoms with Gasteiger partial charge in [-0.15, -0.1) is 0 Å². The highest BCUT2D eigenvalue weighted by atomic mass is 35.5. The second-order valence-electron chi connectivity index (χ2n) is 4.43. The van der Waals surface area contributed by atoms with Gasteiger partial charge in [0.25, 0.3) is 0 Å². The van der Waals surface area contributed by atoms with Crippen molar-refractivity contribution < 1.29 is 14.3 Å². The molecule has 4 heteroatoms. The molecule has 82 valence electrons. The minimum absolute atomic E-state index is 0.0159. The van der Waals surface area contributed by atoms with Gasteiger partial charge in [0.2, 0.25) is 5.24 Å². The van der Waals surface area contributed by atoms with Gasteiger partial charge in [0, 0.05) is 12.8 Å². The molecule has 0 aliphatic carbocycles. The lowest BCUT2D eigenvalue weighted by Crippen LogP contribution is -2.18. The van der Waals surface area contributed by atoms with E-state index in [0.717, 1.165) is 0 Å². The van der Waals surface area contributed by atoms with Crippen LogP contribution in [0.4, 0.5) is 0 Å². The third kappa shape index (κ3) is 9.52. The van der Waals surface area contributed by atoms with Gasteiger partial charge >= 0.3 is 5.97 Å². The molecule has 0 aromatic heterocycles. The molecule has 0 amide bonds. The van der Waals surface area contributed by atoms with E-state index in [1.54, 1.807) is 0 Å². The second-order valence-corrected chi connectivity index (χ2v) is 4.85. The fraction of sp³-hybridized carbons (Fsp3) is 0.800. The van der Waals surface area contributed by atoms with Crippen molar-refractivity contribution in [1.82, 2.24) is 0 Å². The number of rotatable bonds is 5. The molecule has 0 bridgehead atoms. The molecular weight excluding hydrogens is 204 g/mol. The molecule has 0 aliphatic rings. The summed E-state index contributed by atoms with van der Waals surface area (Å²) in [6, 6.07) is 0. The molecule has 0 unspecified atom stereocenters. The summed E-state index contributed by atoms with van der Waals surface area (Å²) in [4.78, 5) is 21.5. The number of esters is 1. The molecule has 0 aromatic rings. The fourth-order valence-electron chi connectivity index (χ4n) is 0.741. The highest BCUT2D eigenvalue weighted by Gasteiger charge is 2.13. The molecule has 0 fully saturated rings. The van der Waals surface area contributed by atoms with Gasteiger partial charge in [0.1, 0.15) is 0 Å². The summed E-state index contributed by atoms with van der Waals surface area (Å²) in [5.41, 5.74) is -0.0159. The lowest BCUT2D eigenvalue weighted by Gasteiger charge is -2.17. The maximum atomic E-state index is 11.1. The Kier molecular flexibility index (Phi) is 5.77. The molecule has 0 atom stereocenters. The van der Waals surface area contributed by atoms with E-state index in [4.69, 9.17) is 16.3 Å². The largest absolute Gasteiger partial charge is 0.465 e. The van der Waals surface area contributed by atoms with Crippen LogP contribution >= 0.6 is 11.6 Å². The first kappa shape index (κ1) is 13.4. The van der Waals surface area contributed by atoms with Crippen LogP contribution < -0.4 is 0 Å². The predicted molar refractivity (Wildman–Crippen MR) is 55.1 cm³/mol. The van der Waals surface area contributed by atoms with Crippen LogP contribution in [0.1, 0.15) is 40.0 Å². The zero-order valence-electron chi connectivity index (χ0n) is 8.93. The highest BCUT2D eigenvalue weighted by Crippen LogP contribution is 2.13. The first-order valence-corrected chi connectivity index (χ1v) is 5.03. The fourth-order valence-corrected chi connectivity index (χ4v) is 0.875. The van der Waals surface area contributed by atoms with Gasteiger partial charge in [-0.2, -0.15) is 0 Å². The molecule has 0 spiro atoms. The van der Waals surface area contributed by atoms with Crippen molar-refractivity contribution in [1.29, 1.82) is 0 Å². The maximum Gasteiger partial charge on any atom is 0.305 e. The summed E-state index contributed by atoms with van der Waals surface area (Å²) in [7, 11) is 0. The number of hydrogen-bond acceptors (Lipinski definition) is 3. The monoisotopic (exact) mass is 220 g/mol.